The van der Waals surface area contributed by atoms with Crippen molar-refractivity contribution in [1.82, 2.24) is 19.1 Å². The number of benzene rings is 3. The summed E-state index contributed by atoms with van der Waals surface area (Å²) in [5, 5.41) is 3.32. The molecule has 0 unspecified atom stereocenters. The number of hydrogen-bond acceptors (Lipinski definition) is 4. The molecule has 0 aliphatic carbocycles. The summed E-state index contributed by atoms with van der Waals surface area (Å²) < 4.78 is 3.35. The molecular weight excluding hydrogens is 390 g/mol. The van der Waals surface area contributed by atoms with Crippen molar-refractivity contribution in [2.75, 3.05) is 5.32 Å². The van der Waals surface area contributed by atoms with Crippen molar-refractivity contribution in [3.8, 4) is 11.4 Å². The maximum atomic E-state index is 12.6. The van der Waals surface area contributed by atoms with E-state index >= 15 is 0 Å². The van der Waals surface area contributed by atoms with Crippen molar-refractivity contribution in [2.24, 2.45) is 7.05 Å². The number of aromatic nitrogens is 4. The number of amides is 1. The van der Waals surface area contributed by atoms with Crippen LogP contribution in [0.3, 0.4) is 0 Å². The summed E-state index contributed by atoms with van der Waals surface area (Å²) in [4.78, 5) is 34.0. The van der Waals surface area contributed by atoms with Gasteiger partial charge in [-0.3, -0.25) is 14.2 Å². The van der Waals surface area contributed by atoms with Crippen LogP contribution in [-0.4, -0.2) is 25.0 Å². The molecule has 1 N–H and O–H groups in total. The van der Waals surface area contributed by atoms with E-state index in [1.54, 1.807) is 18.2 Å². The summed E-state index contributed by atoms with van der Waals surface area (Å²) in [6.45, 7) is -0.108. The number of rotatable bonds is 4. The Kier molecular flexibility index (Phi) is 4.55. The molecule has 0 bridgehead atoms. The van der Waals surface area contributed by atoms with Gasteiger partial charge in [0.1, 0.15) is 12.4 Å². The number of nitrogens with one attached hydrogen (secondary N) is 1. The Bertz CT molecular complexity index is 1480. The van der Waals surface area contributed by atoms with E-state index in [1.807, 2.05) is 66.2 Å². The van der Waals surface area contributed by atoms with E-state index in [2.05, 4.69) is 10.3 Å². The zero-order chi connectivity index (χ0) is 21.4. The summed E-state index contributed by atoms with van der Waals surface area (Å²) >= 11 is 0. The van der Waals surface area contributed by atoms with Gasteiger partial charge in [0, 0.05) is 18.3 Å². The number of para-hydroxylation sites is 3. The SMILES string of the molecule is Cn1c(-c2ccc(NC(=O)Cn3cnc4ccccc4c3=O)cc2)nc2ccccc21. The molecule has 2 heterocycles. The Balaban J connectivity index is 1.34. The topological polar surface area (TPSA) is 81.8 Å². The zero-order valence-corrected chi connectivity index (χ0v) is 16.8. The molecule has 0 radical (unpaired) electrons. The van der Waals surface area contributed by atoms with Gasteiger partial charge in [-0.1, -0.05) is 24.3 Å². The van der Waals surface area contributed by atoms with E-state index in [9.17, 15) is 9.59 Å². The van der Waals surface area contributed by atoms with Crippen LogP contribution in [-0.2, 0) is 18.4 Å². The second kappa shape index (κ2) is 7.53. The predicted octanol–water partition coefficient (Wildman–Crippen LogP) is 3.59. The molecule has 0 aliphatic heterocycles. The van der Waals surface area contributed by atoms with Crippen LogP contribution in [0.1, 0.15) is 0 Å². The summed E-state index contributed by atoms with van der Waals surface area (Å²) in [6.07, 6.45) is 1.40. The van der Waals surface area contributed by atoms with Gasteiger partial charge in [-0.15, -0.1) is 0 Å². The Labute approximate surface area is 177 Å². The van der Waals surface area contributed by atoms with E-state index in [-0.39, 0.29) is 18.0 Å². The molecule has 7 heteroatoms. The first-order chi connectivity index (χ1) is 15.1. The highest BCUT2D eigenvalue weighted by molar-refractivity contribution is 5.91. The normalized spacial score (nSPS) is 11.1. The monoisotopic (exact) mass is 409 g/mol. The number of carbonyl (C=O) groups is 1. The number of anilines is 1. The van der Waals surface area contributed by atoms with Crippen LogP contribution in [0.15, 0.2) is 83.9 Å². The lowest BCUT2D eigenvalue weighted by atomic mass is 10.2. The summed E-state index contributed by atoms with van der Waals surface area (Å²) in [5.74, 6) is 0.558. The van der Waals surface area contributed by atoms with E-state index in [0.717, 1.165) is 22.4 Å². The maximum Gasteiger partial charge on any atom is 0.261 e. The number of carbonyl (C=O) groups excluding carboxylic acids is 1. The van der Waals surface area contributed by atoms with Gasteiger partial charge < -0.3 is 9.88 Å². The van der Waals surface area contributed by atoms with Crippen LogP contribution in [0.2, 0.25) is 0 Å². The van der Waals surface area contributed by atoms with Gasteiger partial charge >= 0.3 is 0 Å². The molecule has 1 amide bonds. The molecule has 3 aromatic carbocycles. The van der Waals surface area contributed by atoms with Gasteiger partial charge in [-0.2, -0.15) is 0 Å². The van der Waals surface area contributed by atoms with Gasteiger partial charge in [-0.25, -0.2) is 9.97 Å². The maximum absolute atomic E-state index is 12.6. The van der Waals surface area contributed by atoms with E-state index in [0.29, 0.717) is 16.6 Å². The third kappa shape index (κ3) is 3.46. The van der Waals surface area contributed by atoms with Crippen molar-refractivity contribution in [3.63, 3.8) is 0 Å². The number of imidazole rings is 1. The van der Waals surface area contributed by atoms with Gasteiger partial charge in [0.05, 0.1) is 28.3 Å². The van der Waals surface area contributed by atoms with Crippen LogP contribution < -0.4 is 10.9 Å². The van der Waals surface area contributed by atoms with Gasteiger partial charge in [0.25, 0.3) is 5.56 Å². The number of hydrogen-bond donors (Lipinski definition) is 1. The highest BCUT2D eigenvalue weighted by Crippen LogP contribution is 2.24. The van der Waals surface area contributed by atoms with Gasteiger partial charge in [0.2, 0.25) is 5.91 Å². The minimum absolute atomic E-state index is 0.108. The number of nitrogens with zero attached hydrogens (tertiary/aromatic N) is 4. The first-order valence-corrected chi connectivity index (χ1v) is 9.86. The lowest BCUT2D eigenvalue weighted by molar-refractivity contribution is -0.116. The molecule has 0 aliphatic rings. The zero-order valence-electron chi connectivity index (χ0n) is 16.8. The first-order valence-electron chi connectivity index (χ1n) is 9.86. The lowest BCUT2D eigenvalue weighted by Crippen LogP contribution is -2.27. The fourth-order valence-electron chi connectivity index (χ4n) is 3.68. The Morgan fingerprint density at radius 1 is 0.935 bits per heavy atom. The molecule has 0 fully saturated rings. The third-order valence-corrected chi connectivity index (χ3v) is 5.26. The quantitative estimate of drug-likeness (QED) is 0.492. The highest BCUT2D eigenvalue weighted by atomic mass is 16.2. The van der Waals surface area contributed by atoms with Crippen LogP contribution in [0, 0.1) is 0 Å². The van der Waals surface area contributed by atoms with Crippen molar-refractivity contribution >= 4 is 33.5 Å². The Hall–Kier alpha value is -4.26. The summed E-state index contributed by atoms with van der Waals surface area (Å²) in [7, 11) is 1.98. The third-order valence-electron chi connectivity index (χ3n) is 5.26. The first kappa shape index (κ1) is 18.7. The molecule has 0 saturated heterocycles. The molecule has 0 atom stereocenters. The molecule has 0 spiro atoms. The van der Waals surface area contributed by atoms with Gasteiger partial charge in [-0.05, 0) is 48.5 Å². The minimum Gasteiger partial charge on any atom is -0.327 e. The van der Waals surface area contributed by atoms with Crippen molar-refractivity contribution in [2.45, 2.75) is 6.54 Å². The van der Waals surface area contributed by atoms with Crippen LogP contribution in [0.4, 0.5) is 5.69 Å². The molecular formula is C24H19N5O2. The average molecular weight is 409 g/mol. The molecule has 2 aromatic heterocycles. The van der Waals surface area contributed by atoms with E-state index in [4.69, 9.17) is 4.98 Å². The summed E-state index contributed by atoms with van der Waals surface area (Å²) in [5.41, 5.74) is 3.97. The fourth-order valence-corrected chi connectivity index (χ4v) is 3.68. The second-order valence-electron chi connectivity index (χ2n) is 7.30. The van der Waals surface area contributed by atoms with Crippen molar-refractivity contribution in [3.05, 3.63) is 89.5 Å². The predicted molar refractivity (Wildman–Crippen MR) is 121 cm³/mol. The van der Waals surface area contributed by atoms with E-state index in [1.165, 1.54) is 10.9 Å². The van der Waals surface area contributed by atoms with E-state index < -0.39 is 0 Å². The second-order valence-corrected chi connectivity index (χ2v) is 7.30. The highest BCUT2D eigenvalue weighted by Gasteiger charge is 2.11. The lowest BCUT2D eigenvalue weighted by Gasteiger charge is -2.09. The Morgan fingerprint density at radius 2 is 1.65 bits per heavy atom. The van der Waals surface area contributed by atoms with Gasteiger partial charge in [0.15, 0.2) is 0 Å². The van der Waals surface area contributed by atoms with Crippen molar-refractivity contribution < 1.29 is 4.79 Å². The minimum atomic E-state index is -0.297. The molecule has 5 rings (SSSR count). The number of aryl methyl sites for hydroxylation is 1. The van der Waals surface area contributed by atoms with Crippen LogP contribution >= 0.6 is 0 Å². The summed E-state index contributed by atoms with van der Waals surface area (Å²) in [6, 6.07) is 22.5. The average Bonchev–Trinajstić information content (AvgIpc) is 3.13. The van der Waals surface area contributed by atoms with Crippen LogP contribution in [0.25, 0.3) is 33.3 Å². The van der Waals surface area contributed by atoms with Crippen LogP contribution in [0.5, 0.6) is 0 Å². The number of fused-ring (bicyclic) bond motifs is 2. The molecule has 5 aromatic rings. The van der Waals surface area contributed by atoms with Crippen molar-refractivity contribution in [1.29, 1.82) is 0 Å². The molecule has 152 valence electrons. The molecule has 31 heavy (non-hydrogen) atoms. The standard InChI is InChI=1S/C24H19N5O2/c1-28-21-9-5-4-8-20(21)27-23(28)16-10-12-17(13-11-16)26-22(30)14-29-15-25-19-7-3-2-6-18(19)24(29)31/h2-13,15H,14H2,1H3,(H,26,30). The fraction of sp³-hybridized carbons (Fsp3) is 0.0833. The molecule has 7 nitrogen and oxygen atoms in total. The Morgan fingerprint density at radius 3 is 2.42 bits per heavy atom. The largest absolute Gasteiger partial charge is 0.327 e. The smallest absolute Gasteiger partial charge is 0.261 e. The molecule has 0 saturated carbocycles.